The highest BCUT2D eigenvalue weighted by atomic mass is 16.7. The van der Waals surface area contributed by atoms with E-state index in [2.05, 4.69) is 36.7 Å². The van der Waals surface area contributed by atoms with E-state index >= 15 is 0 Å². The second kappa shape index (κ2) is 20.4. The highest BCUT2D eigenvalue weighted by Gasteiger charge is 2.50. The number of rotatable bonds is 17. The van der Waals surface area contributed by atoms with Crippen molar-refractivity contribution in [3.05, 3.63) is 47.5 Å². The number of nitrogens with one attached hydrogen (secondary N) is 3. The summed E-state index contributed by atoms with van der Waals surface area (Å²) >= 11 is 0. The van der Waals surface area contributed by atoms with Crippen molar-refractivity contribution in [2.24, 2.45) is 34.5 Å². The van der Waals surface area contributed by atoms with E-state index < -0.39 is 29.9 Å². The molecule has 0 aromatic heterocycles. The third kappa shape index (κ3) is 12.3. The van der Waals surface area contributed by atoms with Gasteiger partial charge >= 0.3 is 24.1 Å². The number of ether oxygens (including phenoxy) is 7. The number of carbonyl (C=O) groups excluding carboxylic acids is 4. The lowest BCUT2D eigenvalue weighted by Crippen LogP contribution is -2.58. The fourth-order valence-electron chi connectivity index (χ4n) is 10.8. The van der Waals surface area contributed by atoms with Crippen LogP contribution < -0.4 is 34.9 Å². The highest BCUT2D eigenvalue weighted by molar-refractivity contribution is 5.77. The van der Waals surface area contributed by atoms with Gasteiger partial charge in [-0.25, -0.2) is 9.59 Å². The van der Waals surface area contributed by atoms with Crippen molar-refractivity contribution in [1.82, 2.24) is 16.0 Å². The van der Waals surface area contributed by atoms with Crippen LogP contribution in [0.25, 0.3) is 0 Å². The zero-order valence-electron chi connectivity index (χ0n) is 38.9. The molecule has 5 unspecified atom stereocenters. The molecule has 3 aliphatic carbocycles. The van der Waals surface area contributed by atoms with Crippen molar-refractivity contribution in [3.8, 4) is 23.0 Å². The lowest BCUT2D eigenvalue weighted by Gasteiger charge is -2.54. The van der Waals surface area contributed by atoms with Crippen LogP contribution in [0.1, 0.15) is 117 Å². The van der Waals surface area contributed by atoms with Gasteiger partial charge in [-0.2, -0.15) is 0 Å². The molecule has 2 amide bonds. The molecular formula is C49H71N3O11. The van der Waals surface area contributed by atoms with E-state index in [0.717, 1.165) is 62.5 Å². The molecule has 2 aromatic carbocycles. The van der Waals surface area contributed by atoms with Crippen LogP contribution in [0.5, 0.6) is 23.0 Å². The SMILES string of the molecule is CCC1(C)CC2CC(C)CC(NC(=O)OC(C)OC(=O)C(C)(C)CN[C@H]3CC[C@H](NC(=O)Oc4ccc(C[C@H]5C(=O)OC[C@@H]5Cc5ccc(OC)c(OC)c5)cc4OC)CC3)(C2)C1. The summed E-state index contributed by atoms with van der Waals surface area (Å²) in [7, 11) is 4.70. The number of benzene rings is 2. The molecule has 2 bridgehead atoms. The second-order valence-corrected chi connectivity index (χ2v) is 19.9. The largest absolute Gasteiger partial charge is 0.493 e. The van der Waals surface area contributed by atoms with E-state index in [0.29, 0.717) is 55.1 Å². The first-order chi connectivity index (χ1) is 29.9. The molecular weight excluding hydrogens is 807 g/mol. The van der Waals surface area contributed by atoms with Crippen LogP contribution in [-0.4, -0.2) is 82.5 Å². The molecule has 6 rings (SSSR count). The maximum absolute atomic E-state index is 13.3. The number of hydrogen-bond donors (Lipinski definition) is 3. The molecule has 1 heterocycles. The monoisotopic (exact) mass is 878 g/mol. The fourth-order valence-corrected chi connectivity index (χ4v) is 10.8. The first-order valence-electron chi connectivity index (χ1n) is 22.9. The van der Waals surface area contributed by atoms with Gasteiger partial charge in [0, 0.05) is 37.0 Å². The molecule has 348 valence electrons. The topological polar surface area (TPSA) is 169 Å². The maximum atomic E-state index is 13.3. The average Bonchev–Trinajstić information content (AvgIpc) is 3.56. The standard InChI is InChI=1S/C49H71N3O11/c1-10-48(6)25-34-19-30(2)24-49(26-34,28-48)52-46(56)62-31(3)61-44(54)47(4,5)29-50-36-13-15-37(16-14-36)51-45(55)63-40-18-12-33(23-42(40)59-9)21-38-35(27-60-43(38)53)20-32-11-17-39(57-7)41(22-32)58-8/h11-12,17-18,22-23,30-31,34-38,50H,10,13-16,19-21,24-29H2,1-9H3,(H,51,55)(H,52,56)/t30?,31?,34?,35-,36-,37-,38+,48?,49?/m0/s1. The quantitative estimate of drug-likeness (QED) is 0.103. The number of amides is 2. The van der Waals surface area contributed by atoms with Crippen molar-refractivity contribution < 1.29 is 52.3 Å². The van der Waals surface area contributed by atoms with Gasteiger partial charge in [0.05, 0.1) is 39.3 Å². The lowest BCUT2D eigenvalue weighted by molar-refractivity contribution is -0.175. The van der Waals surface area contributed by atoms with Crippen LogP contribution in [0.2, 0.25) is 0 Å². The van der Waals surface area contributed by atoms with E-state index in [1.54, 1.807) is 33.3 Å². The van der Waals surface area contributed by atoms with Crippen molar-refractivity contribution in [1.29, 1.82) is 0 Å². The third-order valence-corrected chi connectivity index (χ3v) is 14.0. The first-order valence-corrected chi connectivity index (χ1v) is 22.9. The van der Waals surface area contributed by atoms with Gasteiger partial charge in [-0.3, -0.25) is 9.59 Å². The molecule has 1 saturated heterocycles. The summed E-state index contributed by atoms with van der Waals surface area (Å²) in [5.41, 5.74) is 0.910. The summed E-state index contributed by atoms with van der Waals surface area (Å²) in [6.45, 7) is 12.8. The normalized spacial score (nSPS) is 28.5. The number of carbonyl (C=O) groups is 4. The molecule has 14 heteroatoms. The Kier molecular flexibility index (Phi) is 15.5. The Balaban J connectivity index is 0.913. The molecule has 0 radical (unpaired) electrons. The van der Waals surface area contributed by atoms with Crippen LogP contribution in [0.4, 0.5) is 9.59 Å². The van der Waals surface area contributed by atoms with Crippen LogP contribution >= 0.6 is 0 Å². The second-order valence-electron chi connectivity index (χ2n) is 19.9. The number of hydrogen-bond acceptors (Lipinski definition) is 12. The summed E-state index contributed by atoms with van der Waals surface area (Å²) < 4.78 is 38.9. The Hall–Kier alpha value is -4.72. The molecule has 14 nitrogen and oxygen atoms in total. The number of alkyl carbamates (subject to hydrolysis) is 1. The lowest BCUT2D eigenvalue weighted by atomic mass is 9.55. The minimum Gasteiger partial charge on any atom is -0.493 e. The van der Waals surface area contributed by atoms with Gasteiger partial charge in [0.1, 0.15) is 0 Å². The summed E-state index contributed by atoms with van der Waals surface area (Å²) in [6.07, 6.45) is 8.29. The van der Waals surface area contributed by atoms with Crippen molar-refractivity contribution in [3.63, 3.8) is 0 Å². The van der Waals surface area contributed by atoms with Gasteiger partial charge in [0.2, 0.25) is 6.29 Å². The molecule has 2 aromatic rings. The van der Waals surface area contributed by atoms with Crippen molar-refractivity contribution in [2.45, 2.75) is 143 Å². The number of methoxy groups -OCH3 is 3. The minimum absolute atomic E-state index is 0.0288. The molecule has 7 atom stereocenters. The van der Waals surface area contributed by atoms with Gasteiger partial charge in [-0.1, -0.05) is 39.3 Å². The van der Waals surface area contributed by atoms with Gasteiger partial charge < -0.3 is 49.1 Å². The predicted octanol–water partition coefficient (Wildman–Crippen LogP) is 8.30. The Morgan fingerprint density at radius 3 is 2.14 bits per heavy atom. The summed E-state index contributed by atoms with van der Waals surface area (Å²) in [5.74, 6) is 2.00. The van der Waals surface area contributed by atoms with E-state index in [4.69, 9.17) is 33.2 Å². The van der Waals surface area contributed by atoms with Crippen LogP contribution in [-0.2, 0) is 36.6 Å². The van der Waals surface area contributed by atoms with Gasteiger partial charge in [-0.15, -0.1) is 0 Å². The van der Waals surface area contributed by atoms with E-state index in [1.165, 1.54) is 20.0 Å². The number of esters is 2. The molecule has 0 spiro atoms. The molecule has 3 saturated carbocycles. The molecule has 3 N–H and O–H groups in total. The highest BCUT2D eigenvalue weighted by Crippen LogP contribution is 2.53. The van der Waals surface area contributed by atoms with Crippen LogP contribution in [0.3, 0.4) is 0 Å². The fraction of sp³-hybridized carbons (Fsp3) is 0.673. The molecule has 4 fully saturated rings. The first kappa shape index (κ1) is 47.8. The smallest absolute Gasteiger partial charge is 0.412 e. The number of fused-ring (bicyclic) bond motifs is 2. The zero-order valence-corrected chi connectivity index (χ0v) is 38.9. The molecule has 63 heavy (non-hydrogen) atoms. The van der Waals surface area contributed by atoms with Gasteiger partial charge in [-0.05, 0) is 137 Å². The Morgan fingerprint density at radius 2 is 1.48 bits per heavy atom. The maximum Gasteiger partial charge on any atom is 0.412 e. The Bertz CT molecular complexity index is 1930. The van der Waals surface area contributed by atoms with E-state index in [9.17, 15) is 19.2 Å². The Morgan fingerprint density at radius 1 is 0.841 bits per heavy atom. The zero-order chi connectivity index (χ0) is 45.5. The average molecular weight is 878 g/mol. The van der Waals surface area contributed by atoms with Crippen LogP contribution in [0, 0.1) is 34.5 Å². The third-order valence-electron chi connectivity index (χ3n) is 14.0. The van der Waals surface area contributed by atoms with Crippen molar-refractivity contribution >= 4 is 24.1 Å². The summed E-state index contributed by atoms with van der Waals surface area (Å²) in [6, 6.07) is 11.2. The van der Waals surface area contributed by atoms with E-state index in [-0.39, 0.29) is 46.6 Å². The van der Waals surface area contributed by atoms with Gasteiger partial charge in [0.25, 0.3) is 0 Å². The number of cyclic esters (lactones) is 1. The molecule has 4 aliphatic rings. The van der Waals surface area contributed by atoms with Crippen LogP contribution in [0.15, 0.2) is 36.4 Å². The summed E-state index contributed by atoms with van der Waals surface area (Å²) in [5, 5.41) is 9.74. The van der Waals surface area contributed by atoms with E-state index in [1.807, 2.05) is 38.1 Å². The summed E-state index contributed by atoms with van der Waals surface area (Å²) in [4.78, 5) is 52.3. The Labute approximate surface area is 373 Å². The molecule has 1 aliphatic heterocycles. The van der Waals surface area contributed by atoms with Crippen molar-refractivity contribution in [2.75, 3.05) is 34.5 Å². The van der Waals surface area contributed by atoms with Gasteiger partial charge in [0.15, 0.2) is 23.0 Å². The predicted molar refractivity (Wildman–Crippen MR) is 237 cm³/mol. The minimum atomic E-state index is -1.03.